The third-order valence-electron chi connectivity index (χ3n) is 5.31. The molecule has 1 fully saturated rings. The van der Waals surface area contributed by atoms with Crippen molar-refractivity contribution in [2.75, 3.05) is 24.5 Å². The summed E-state index contributed by atoms with van der Waals surface area (Å²) in [5.74, 6) is 1.80. The van der Waals surface area contributed by atoms with Gasteiger partial charge in [0.25, 0.3) is 0 Å². The molecule has 1 saturated heterocycles. The van der Waals surface area contributed by atoms with E-state index in [1.807, 2.05) is 25.2 Å². The molecule has 3 aromatic rings. The van der Waals surface area contributed by atoms with Gasteiger partial charge in [0.2, 0.25) is 0 Å². The fourth-order valence-corrected chi connectivity index (χ4v) is 4.08. The maximum Gasteiger partial charge on any atom is 0.142 e. The molecule has 1 aliphatic heterocycles. The van der Waals surface area contributed by atoms with Crippen molar-refractivity contribution in [3.63, 3.8) is 0 Å². The molecule has 0 amide bonds. The van der Waals surface area contributed by atoms with Gasteiger partial charge in [0, 0.05) is 50.2 Å². The molecular formula is C21H24ClN5. The number of allylic oxidation sites excluding steroid dienone is 1. The monoisotopic (exact) mass is 381 g/mol. The van der Waals surface area contributed by atoms with Crippen LogP contribution in [0.3, 0.4) is 0 Å². The van der Waals surface area contributed by atoms with Crippen LogP contribution in [0.1, 0.15) is 13.8 Å². The smallest absolute Gasteiger partial charge is 0.142 e. The molecule has 3 heterocycles. The molecule has 1 aliphatic rings. The van der Waals surface area contributed by atoms with Crippen LogP contribution in [0.25, 0.3) is 22.4 Å². The number of imidazole rings is 1. The molecule has 0 aliphatic carbocycles. The van der Waals surface area contributed by atoms with Crippen LogP contribution in [0.4, 0.5) is 5.82 Å². The highest BCUT2D eigenvalue weighted by molar-refractivity contribution is 6.33. The van der Waals surface area contributed by atoms with Gasteiger partial charge in [-0.15, -0.1) is 0 Å². The number of aryl methyl sites for hydroxylation is 1. The highest BCUT2D eigenvalue weighted by Gasteiger charge is 2.25. The average Bonchev–Trinajstić information content (AvgIpc) is 2.98. The van der Waals surface area contributed by atoms with Gasteiger partial charge in [0.05, 0.1) is 16.1 Å². The Hall–Kier alpha value is -2.53. The van der Waals surface area contributed by atoms with Crippen molar-refractivity contribution in [3.8, 4) is 11.4 Å². The molecule has 1 aromatic carbocycles. The highest BCUT2D eigenvalue weighted by atomic mass is 35.5. The Labute approximate surface area is 164 Å². The fraction of sp³-hybridized carbons (Fsp3) is 0.333. The Kier molecular flexibility index (Phi) is 4.56. The second kappa shape index (κ2) is 6.89. The minimum Gasteiger partial charge on any atom is -0.369 e. The number of para-hydroxylation sites is 2. The average molecular weight is 382 g/mol. The van der Waals surface area contributed by atoms with Crippen LogP contribution in [0.15, 0.2) is 48.8 Å². The minimum atomic E-state index is 0.396. The maximum atomic E-state index is 6.51. The van der Waals surface area contributed by atoms with Crippen LogP contribution in [0.5, 0.6) is 0 Å². The van der Waals surface area contributed by atoms with Gasteiger partial charge in [-0.3, -0.25) is 0 Å². The van der Waals surface area contributed by atoms with Gasteiger partial charge in [0.15, 0.2) is 0 Å². The maximum absolute atomic E-state index is 6.51. The zero-order chi connectivity index (χ0) is 19.1. The number of anilines is 1. The zero-order valence-corrected chi connectivity index (χ0v) is 16.7. The van der Waals surface area contributed by atoms with Crippen LogP contribution in [0, 0.1) is 0 Å². The van der Waals surface area contributed by atoms with Crippen LogP contribution in [-0.2, 0) is 7.05 Å². The summed E-state index contributed by atoms with van der Waals surface area (Å²) < 4.78 is 2.09. The van der Waals surface area contributed by atoms with Gasteiger partial charge in [-0.25, -0.2) is 9.97 Å². The quantitative estimate of drug-likeness (QED) is 0.676. The van der Waals surface area contributed by atoms with E-state index < -0.39 is 0 Å². The van der Waals surface area contributed by atoms with E-state index in [0.717, 1.165) is 53.6 Å². The van der Waals surface area contributed by atoms with E-state index in [2.05, 4.69) is 51.9 Å². The van der Waals surface area contributed by atoms with E-state index in [1.165, 1.54) is 0 Å². The van der Waals surface area contributed by atoms with Crippen molar-refractivity contribution in [1.29, 1.82) is 0 Å². The van der Waals surface area contributed by atoms with Crippen molar-refractivity contribution in [3.05, 3.63) is 53.8 Å². The highest BCUT2D eigenvalue weighted by Crippen LogP contribution is 2.32. The Balaban J connectivity index is 1.70. The number of hydrogen-bond donors (Lipinski definition) is 0. The van der Waals surface area contributed by atoms with E-state index in [-0.39, 0.29) is 0 Å². The lowest BCUT2D eigenvalue weighted by molar-refractivity contribution is 0.244. The number of rotatable bonds is 3. The van der Waals surface area contributed by atoms with E-state index in [0.29, 0.717) is 11.1 Å². The standard InChI is InChI=1S/C21H24ClN5/c1-14(2)27-10-9-26(13-15(27)3)20-11-16(17(22)12-23-20)21-24-18-7-5-6-8-19(18)25(21)4/h5-8,11-12,15H,1,9-10,13H2,2-4H3/t15-/m1/s1. The predicted octanol–water partition coefficient (Wildman–Crippen LogP) is 4.33. The molecule has 4 rings (SSSR count). The Morgan fingerprint density at radius 3 is 2.74 bits per heavy atom. The number of hydrogen-bond acceptors (Lipinski definition) is 4. The molecule has 1 atom stereocenters. The topological polar surface area (TPSA) is 37.2 Å². The zero-order valence-electron chi connectivity index (χ0n) is 16.0. The molecule has 140 valence electrons. The number of fused-ring (bicyclic) bond motifs is 1. The largest absolute Gasteiger partial charge is 0.369 e. The van der Waals surface area contributed by atoms with Gasteiger partial charge in [-0.1, -0.05) is 30.3 Å². The first-order valence-corrected chi connectivity index (χ1v) is 9.58. The second-order valence-corrected chi connectivity index (χ2v) is 7.64. The number of piperazine rings is 1. The number of nitrogens with zero attached hydrogens (tertiary/aromatic N) is 5. The van der Waals surface area contributed by atoms with Gasteiger partial charge in [0.1, 0.15) is 11.6 Å². The van der Waals surface area contributed by atoms with E-state index in [4.69, 9.17) is 16.6 Å². The minimum absolute atomic E-state index is 0.396. The molecule has 5 nitrogen and oxygen atoms in total. The third kappa shape index (κ3) is 3.16. The lowest BCUT2D eigenvalue weighted by atomic mass is 10.1. The molecule has 0 bridgehead atoms. The fourth-order valence-electron chi connectivity index (χ4n) is 3.89. The first kappa shape index (κ1) is 17.9. The third-order valence-corrected chi connectivity index (χ3v) is 5.61. The summed E-state index contributed by atoms with van der Waals surface area (Å²) in [7, 11) is 2.02. The summed E-state index contributed by atoms with van der Waals surface area (Å²) in [4.78, 5) is 14.0. The SMILES string of the molecule is C=C(C)N1CCN(c2cc(-c3nc4ccccc4n3C)c(Cl)cn2)C[C@H]1C. The van der Waals surface area contributed by atoms with Crippen LogP contribution in [-0.4, -0.2) is 45.1 Å². The lowest BCUT2D eigenvalue weighted by Gasteiger charge is -2.42. The number of pyridine rings is 1. The summed E-state index contributed by atoms with van der Waals surface area (Å²) in [6.45, 7) is 11.1. The molecule has 0 unspecified atom stereocenters. The molecule has 27 heavy (non-hydrogen) atoms. The van der Waals surface area contributed by atoms with Gasteiger partial charge in [-0.05, 0) is 32.0 Å². The van der Waals surface area contributed by atoms with Crippen molar-refractivity contribution in [2.45, 2.75) is 19.9 Å². The van der Waals surface area contributed by atoms with Gasteiger partial charge < -0.3 is 14.4 Å². The summed E-state index contributed by atoms with van der Waals surface area (Å²) in [6.07, 6.45) is 1.74. The number of halogens is 1. The van der Waals surface area contributed by atoms with Crippen molar-refractivity contribution < 1.29 is 0 Å². The van der Waals surface area contributed by atoms with Crippen molar-refractivity contribution in [1.82, 2.24) is 19.4 Å². The molecular weight excluding hydrogens is 358 g/mol. The van der Waals surface area contributed by atoms with Crippen molar-refractivity contribution in [2.24, 2.45) is 7.05 Å². The van der Waals surface area contributed by atoms with E-state index in [1.54, 1.807) is 6.20 Å². The first-order valence-electron chi connectivity index (χ1n) is 9.20. The Bertz CT molecular complexity index is 1010. The van der Waals surface area contributed by atoms with Gasteiger partial charge in [-0.2, -0.15) is 0 Å². The Morgan fingerprint density at radius 2 is 2.04 bits per heavy atom. The van der Waals surface area contributed by atoms with Crippen LogP contribution < -0.4 is 4.90 Å². The predicted molar refractivity (Wildman–Crippen MR) is 112 cm³/mol. The van der Waals surface area contributed by atoms with E-state index in [9.17, 15) is 0 Å². The normalized spacial score (nSPS) is 17.6. The van der Waals surface area contributed by atoms with Crippen molar-refractivity contribution >= 4 is 28.5 Å². The summed E-state index contributed by atoms with van der Waals surface area (Å²) in [6, 6.07) is 10.6. The lowest BCUT2D eigenvalue weighted by Crippen LogP contribution is -2.51. The molecule has 0 N–H and O–H groups in total. The molecule has 0 radical (unpaired) electrons. The summed E-state index contributed by atoms with van der Waals surface area (Å²) in [5.41, 5.74) is 4.08. The molecule has 2 aromatic heterocycles. The van der Waals surface area contributed by atoms with E-state index >= 15 is 0 Å². The van der Waals surface area contributed by atoms with Gasteiger partial charge >= 0.3 is 0 Å². The number of aromatic nitrogens is 3. The molecule has 6 heteroatoms. The molecule has 0 spiro atoms. The number of benzene rings is 1. The van der Waals surface area contributed by atoms with Crippen LogP contribution in [0.2, 0.25) is 5.02 Å². The molecule has 0 saturated carbocycles. The second-order valence-electron chi connectivity index (χ2n) is 7.23. The van der Waals surface area contributed by atoms with Crippen LogP contribution >= 0.6 is 11.6 Å². The first-order chi connectivity index (χ1) is 13.0. The summed E-state index contributed by atoms with van der Waals surface area (Å²) in [5, 5.41) is 0.616. The Morgan fingerprint density at radius 1 is 1.26 bits per heavy atom. The summed E-state index contributed by atoms with van der Waals surface area (Å²) >= 11 is 6.51.